The maximum atomic E-state index is 13.0. The molecule has 1 N–H and O–H groups in total. The molecule has 33 heavy (non-hydrogen) atoms. The lowest BCUT2D eigenvalue weighted by Gasteiger charge is -2.13. The Morgan fingerprint density at radius 1 is 1.00 bits per heavy atom. The quantitative estimate of drug-likeness (QED) is 0.293. The van der Waals surface area contributed by atoms with Crippen molar-refractivity contribution in [2.45, 2.75) is 26.4 Å². The zero-order valence-corrected chi connectivity index (χ0v) is 17.3. The summed E-state index contributed by atoms with van der Waals surface area (Å²) in [6, 6.07) is 11.2. The first-order valence-electron chi connectivity index (χ1n) is 9.41. The molecule has 11 heteroatoms. The molecule has 1 heterocycles. The molecule has 3 aromatic rings. The molecule has 5 nitrogen and oxygen atoms in total. The third kappa shape index (κ3) is 5.73. The van der Waals surface area contributed by atoms with Crippen LogP contribution in [0.1, 0.15) is 32.9 Å². The molecule has 3 rings (SSSR count). The van der Waals surface area contributed by atoms with E-state index >= 15 is 0 Å². The summed E-state index contributed by atoms with van der Waals surface area (Å²) in [6.45, 7) is 3.34. The number of nitrogens with zero attached hydrogens (tertiary/aromatic N) is 2. The van der Waals surface area contributed by atoms with E-state index in [-0.39, 0.29) is 5.56 Å². The third-order valence-electron chi connectivity index (χ3n) is 4.63. The van der Waals surface area contributed by atoms with Gasteiger partial charge in [0.15, 0.2) is 0 Å². The van der Waals surface area contributed by atoms with E-state index in [1.165, 1.54) is 30.5 Å². The highest BCUT2D eigenvalue weighted by Crippen LogP contribution is 2.31. The van der Waals surface area contributed by atoms with Gasteiger partial charge in [0.25, 0.3) is 5.91 Å². The lowest BCUT2D eigenvalue weighted by molar-refractivity contribution is -0.274. The first-order valence-corrected chi connectivity index (χ1v) is 9.41. The Labute approximate surface area is 184 Å². The van der Waals surface area contributed by atoms with E-state index in [1.54, 1.807) is 24.5 Å². The second-order valence-electron chi connectivity index (χ2n) is 6.95. The summed E-state index contributed by atoms with van der Waals surface area (Å²) in [7, 11) is 0. The molecule has 1 aromatic heterocycles. The number of nitrogens with one attached hydrogen (secondary N) is 1. The van der Waals surface area contributed by atoms with E-state index < -0.39 is 29.8 Å². The Morgan fingerprint density at radius 3 is 2.36 bits per heavy atom. The molecule has 0 bridgehead atoms. The van der Waals surface area contributed by atoms with Crippen molar-refractivity contribution >= 4 is 12.1 Å². The highest BCUT2D eigenvalue weighted by Gasteiger charge is 2.33. The van der Waals surface area contributed by atoms with Crippen molar-refractivity contribution in [2.75, 3.05) is 0 Å². The standard InChI is InChI=1S/C22H17F6N3O2/c1-13-10-15(14(2)31(13)17-7-5-6-16(11-17)21(23,24)25)12-29-30-20(32)18-8-3-4-9-19(18)33-22(26,27)28/h3-12H,1-2H3,(H,30,32)/b29-12+. The van der Waals surface area contributed by atoms with Gasteiger partial charge in [-0.1, -0.05) is 18.2 Å². The zero-order valence-electron chi connectivity index (χ0n) is 17.3. The van der Waals surface area contributed by atoms with E-state index in [9.17, 15) is 31.1 Å². The number of amides is 1. The summed E-state index contributed by atoms with van der Waals surface area (Å²) in [6.07, 6.45) is -8.22. The smallest absolute Gasteiger partial charge is 0.405 e. The van der Waals surface area contributed by atoms with E-state index in [0.717, 1.165) is 24.3 Å². The Hall–Kier alpha value is -3.76. The van der Waals surface area contributed by atoms with E-state index in [1.807, 2.05) is 0 Å². The van der Waals surface area contributed by atoms with Crippen LogP contribution in [0.3, 0.4) is 0 Å². The van der Waals surface area contributed by atoms with Crippen LogP contribution in [0.15, 0.2) is 59.7 Å². The predicted octanol–water partition coefficient (Wildman–Crippen LogP) is 5.78. The average Bonchev–Trinajstić information content (AvgIpc) is 2.99. The minimum atomic E-state index is -4.97. The number of benzene rings is 2. The fraction of sp³-hybridized carbons (Fsp3) is 0.182. The molecule has 0 atom stereocenters. The summed E-state index contributed by atoms with van der Waals surface area (Å²) >= 11 is 0. The molecule has 0 aliphatic heterocycles. The second-order valence-corrected chi connectivity index (χ2v) is 6.95. The summed E-state index contributed by atoms with van der Waals surface area (Å²) < 4.78 is 82.2. The largest absolute Gasteiger partial charge is 0.573 e. The van der Waals surface area contributed by atoms with Crippen LogP contribution < -0.4 is 10.2 Å². The predicted molar refractivity (Wildman–Crippen MR) is 108 cm³/mol. The zero-order chi connectivity index (χ0) is 24.4. The second kappa shape index (κ2) is 9.00. The van der Waals surface area contributed by atoms with E-state index in [4.69, 9.17) is 0 Å². The van der Waals surface area contributed by atoms with Crippen LogP contribution in [0.4, 0.5) is 26.3 Å². The third-order valence-corrected chi connectivity index (χ3v) is 4.63. The first kappa shape index (κ1) is 23.9. The number of hydrogen-bond acceptors (Lipinski definition) is 3. The maximum Gasteiger partial charge on any atom is 0.573 e. The summed E-state index contributed by atoms with van der Waals surface area (Å²) in [4.78, 5) is 12.3. The SMILES string of the molecule is Cc1cc(/C=N/NC(=O)c2ccccc2OC(F)(F)F)c(C)n1-c1cccc(C(F)(F)F)c1. The van der Waals surface area contributed by atoms with Crippen molar-refractivity contribution in [1.82, 2.24) is 9.99 Å². The van der Waals surface area contributed by atoms with Gasteiger partial charge in [0.05, 0.1) is 17.3 Å². The highest BCUT2D eigenvalue weighted by molar-refractivity contribution is 5.97. The number of carbonyl (C=O) groups is 1. The number of hydrogen-bond donors (Lipinski definition) is 1. The Bertz CT molecular complexity index is 1200. The minimum Gasteiger partial charge on any atom is -0.405 e. The molecule has 0 saturated heterocycles. The lowest BCUT2D eigenvalue weighted by atomic mass is 10.2. The first-order chi connectivity index (χ1) is 15.4. The normalized spacial score (nSPS) is 12.2. The van der Waals surface area contributed by atoms with Crippen molar-refractivity contribution < 1.29 is 35.9 Å². The number of alkyl halides is 6. The molecule has 0 spiro atoms. The van der Waals surface area contributed by atoms with Gasteiger partial charge >= 0.3 is 12.5 Å². The highest BCUT2D eigenvalue weighted by atomic mass is 19.4. The van der Waals surface area contributed by atoms with E-state index in [2.05, 4.69) is 15.3 Å². The number of para-hydroxylation sites is 1. The van der Waals surface area contributed by atoms with Gasteiger partial charge in [0.2, 0.25) is 0 Å². The summed E-state index contributed by atoms with van der Waals surface area (Å²) in [5.74, 6) is -1.61. The van der Waals surface area contributed by atoms with Gasteiger partial charge in [-0.3, -0.25) is 4.79 Å². The van der Waals surface area contributed by atoms with Crippen LogP contribution in [0.25, 0.3) is 5.69 Å². The number of carbonyl (C=O) groups excluding carboxylic acids is 1. The molecule has 0 fully saturated rings. The van der Waals surface area contributed by atoms with Gasteiger partial charge in [-0.2, -0.15) is 18.3 Å². The van der Waals surface area contributed by atoms with Crippen molar-refractivity contribution in [3.63, 3.8) is 0 Å². The van der Waals surface area contributed by atoms with Gasteiger partial charge in [0, 0.05) is 22.6 Å². The topological polar surface area (TPSA) is 55.6 Å². The van der Waals surface area contributed by atoms with Crippen molar-refractivity contribution in [3.05, 3.63) is 82.7 Å². The molecule has 0 radical (unpaired) electrons. The van der Waals surface area contributed by atoms with Gasteiger partial charge in [-0.25, -0.2) is 5.43 Å². The van der Waals surface area contributed by atoms with Gasteiger partial charge in [0.1, 0.15) is 5.75 Å². The van der Waals surface area contributed by atoms with Gasteiger partial charge in [-0.05, 0) is 50.2 Å². The van der Waals surface area contributed by atoms with Crippen LogP contribution in [0.2, 0.25) is 0 Å². The van der Waals surface area contributed by atoms with Crippen LogP contribution in [0, 0.1) is 13.8 Å². The molecule has 174 valence electrons. The van der Waals surface area contributed by atoms with Crippen LogP contribution in [-0.4, -0.2) is 23.1 Å². The van der Waals surface area contributed by atoms with Gasteiger partial charge in [-0.15, -0.1) is 13.2 Å². The summed E-state index contributed by atoms with van der Waals surface area (Å²) in [5, 5.41) is 3.77. The molecule has 1 amide bonds. The van der Waals surface area contributed by atoms with Crippen molar-refractivity contribution in [3.8, 4) is 11.4 Å². The fourth-order valence-electron chi connectivity index (χ4n) is 3.23. The number of hydrazone groups is 1. The monoisotopic (exact) mass is 469 g/mol. The molecule has 0 saturated carbocycles. The van der Waals surface area contributed by atoms with E-state index in [0.29, 0.717) is 22.6 Å². The number of aryl methyl sites for hydroxylation is 1. The average molecular weight is 469 g/mol. The Morgan fingerprint density at radius 2 is 1.70 bits per heavy atom. The van der Waals surface area contributed by atoms with Crippen molar-refractivity contribution in [1.29, 1.82) is 0 Å². The Balaban J connectivity index is 1.81. The molecular weight excluding hydrogens is 452 g/mol. The fourth-order valence-corrected chi connectivity index (χ4v) is 3.23. The molecule has 0 unspecified atom stereocenters. The maximum absolute atomic E-state index is 13.0. The number of halogens is 6. The number of ether oxygens (including phenoxy) is 1. The van der Waals surface area contributed by atoms with Crippen LogP contribution in [0.5, 0.6) is 5.75 Å². The van der Waals surface area contributed by atoms with Gasteiger partial charge < -0.3 is 9.30 Å². The molecular formula is C22H17F6N3O2. The molecule has 0 aliphatic carbocycles. The lowest BCUT2D eigenvalue weighted by Crippen LogP contribution is -2.22. The molecule has 0 aliphatic rings. The van der Waals surface area contributed by atoms with Crippen LogP contribution in [-0.2, 0) is 6.18 Å². The molecule has 2 aromatic carbocycles. The van der Waals surface area contributed by atoms with Crippen LogP contribution >= 0.6 is 0 Å². The number of aromatic nitrogens is 1. The summed E-state index contributed by atoms with van der Waals surface area (Å²) in [5.41, 5.74) is 2.90. The Kier molecular flexibility index (Phi) is 6.52. The number of rotatable bonds is 5. The minimum absolute atomic E-state index is 0.293. The van der Waals surface area contributed by atoms with Crippen molar-refractivity contribution in [2.24, 2.45) is 5.10 Å².